The van der Waals surface area contributed by atoms with Gasteiger partial charge in [-0.15, -0.1) is 0 Å². The molecule has 0 unspecified atom stereocenters. The number of rotatable bonds is 5. The zero-order chi connectivity index (χ0) is 18.9. The minimum absolute atomic E-state index is 0.0306. The number of piperidine rings is 1. The summed E-state index contributed by atoms with van der Waals surface area (Å²) in [7, 11) is 0. The normalized spacial score (nSPS) is 16.9. The number of hydrogen-bond donors (Lipinski definition) is 0. The first-order valence-corrected chi connectivity index (χ1v) is 8.77. The van der Waals surface area contributed by atoms with E-state index < -0.39 is 12.7 Å². The zero-order valence-electron chi connectivity index (χ0n) is 14.5. The molecule has 4 rings (SSSR count). The maximum absolute atomic E-state index is 12.7. The standard InChI is InChI=1S/C18H19F3N4O2/c19-18(20,21)11-25-9-6-14-15(25)2-1-3-16(14)27-13-4-7-24(8-5-13)10-17-22-12-26-23-17/h1-3,6,9,12-13H,4-5,7-8,10-11H2. The smallest absolute Gasteiger partial charge is 0.406 e. The van der Waals surface area contributed by atoms with Gasteiger partial charge in [-0.05, 0) is 31.0 Å². The van der Waals surface area contributed by atoms with Crippen molar-refractivity contribution in [2.75, 3.05) is 13.1 Å². The summed E-state index contributed by atoms with van der Waals surface area (Å²) in [5.74, 6) is 1.29. The van der Waals surface area contributed by atoms with Gasteiger partial charge < -0.3 is 13.8 Å². The number of halogens is 3. The largest absolute Gasteiger partial charge is 0.490 e. The van der Waals surface area contributed by atoms with Gasteiger partial charge in [-0.3, -0.25) is 4.90 Å². The lowest BCUT2D eigenvalue weighted by atomic mass is 10.1. The van der Waals surface area contributed by atoms with Gasteiger partial charge in [-0.25, -0.2) is 0 Å². The van der Waals surface area contributed by atoms with Gasteiger partial charge in [0.2, 0.25) is 6.39 Å². The van der Waals surface area contributed by atoms with Crippen LogP contribution in [0.2, 0.25) is 0 Å². The number of likely N-dealkylation sites (tertiary alicyclic amines) is 1. The molecule has 3 aromatic rings. The molecule has 6 nitrogen and oxygen atoms in total. The maximum Gasteiger partial charge on any atom is 0.406 e. The van der Waals surface area contributed by atoms with Crippen molar-refractivity contribution in [2.45, 2.75) is 38.2 Å². The molecule has 1 fully saturated rings. The van der Waals surface area contributed by atoms with E-state index in [0.717, 1.165) is 25.9 Å². The van der Waals surface area contributed by atoms with Crippen molar-refractivity contribution < 1.29 is 22.4 Å². The highest BCUT2D eigenvalue weighted by atomic mass is 19.4. The van der Waals surface area contributed by atoms with Gasteiger partial charge in [-0.2, -0.15) is 18.2 Å². The lowest BCUT2D eigenvalue weighted by Gasteiger charge is -2.31. The van der Waals surface area contributed by atoms with Crippen molar-refractivity contribution in [2.24, 2.45) is 0 Å². The number of aromatic nitrogens is 3. The zero-order valence-corrected chi connectivity index (χ0v) is 14.5. The van der Waals surface area contributed by atoms with Crippen LogP contribution in [0.5, 0.6) is 5.75 Å². The molecule has 0 N–H and O–H groups in total. The van der Waals surface area contributed by atoms with E-state index in [1.54, 1.807) is 18.2 Å². The summed E-state index contributed by atoms with van der Waals surface area (Å²) in [6.45, 7) is 1.31. The Balaban J connectivity index is 1.41. The summed E-state index contributed by atoms with van der Waals surface area (Å²) in [4.78, 5) is 6.25. The number of alkyl halides is 3. The van der Waals surface area contributed by atoms with E-state index in [0.29, 0.717) is 29.0 Å². The molecule has 0 saturated carbocycles. The molecule has 0 bridgehead atoms. The second-order valence-electron chi connectivity index (χ2n) is 6.69. The Morgan fingerprint density at radius 1 is 1.19 bits per heavy atom. The fraction of sp³-hybridized carbons (Fsp3) is 0.444. The van der Waals surface area contributed by atoms with Crippen LogP contribution in [-0.2, 0) is 13.1 Å². The SMILES string of the molecule is FC(F)(F)Cn1ccc2c(OC3CCN(Cc4ncon4)CC3)cccc21. The van der Waals surface area contributed by atoms with Gasteiger partial charge in [0.25, 0.3) is 0 Å². The Bertz CT molecular complexity index is 884. The Hall–Kier alpha value is -2.55. The summed E-state index contributed by atoms with van der Waals surface area (Å²) in [6, 6.07) is 6.91. The van der Waals surface area contributed by atoms with Crippen molar-refractivity contribution in [3.63, 3.8) is 0 Å². The fourth-order valence-electron chi connectivity index (χ4n) is 3.46. The number of nitrogens with zero attached hydrogens (tertiary/aromatic N) is 4. The van der Waals surface area contributed by atoms with E-state index in [4.69, 9.17) is 9.26 Å². The molecule has 0 amide bonds. The van der Waals surface area contributed by atoms with Crippen molar-refractivity contribution in [3.8, 4) is 5.75 Å². The highest BCUT2D eigenvalue weighted by molar-refractivity contribution is 5.86. The minimum atomic E-state index is -4.26. The molecule has 144 valence electrons. The second kappa shape index (κ2) is 7.22. The van der Waals surface area contributed by atoms with Crippen molar-refractivity contribution in [1.82, 2.24) is 19.6 Å². The van der Waals surface area contributed by atoms with E-state index >= 15 is 0 Å². The van der Waals surface area contributed by atoms with Crippen molar-refractivity contribution >= 4 is 10.9 Å². The average Bonchev–Trinajstić information content (AvgIpc) is 3.26. The predicted molar refractivity (Wildman–Crippen MR) is 91.2 cm³/mol. The molecule has 9 heteroatoms. The number of hydrogen-bond acceptors (Lipinski definition) is 5. The molecule has 0 spiro atoms. The molecule has 1 aromatic carbocycles. The van der Waals surface area contributed by atoms with E-state index in [9.17, 15) is 13.2 Å². The first kappa shape index (κ1) is 17.8. The first-order valence-electron chi connectivity index (χ1n) is 8.77. The molecule has 2 aromatic heterocycles. The van der Waals surface area contributed by atoms with Gasteiger partial charge in [0.1, 0.15) is 18.4 Å². The lowest BCUT2D eigenvalue weighted by molar-refractivity contribution is -0.139. The highest BCUT2D eigenvalue weighted by Crippen LogP contribution is 2.31. The first-order chi connectivity index (χ1) is 13.0. The Morgan fingerprint density at radius 2 is 2.00 bits per heavy atom. The van der Waals surface area contributed by atoms with Gasteiger partial charge in [0.15, 0.2) is 5.82 Å². The maximum atomic E-state index is 12.7. The van der Waals surface area contributed by atoms with Crippen LogP contribution in [0.1, 0.15) is 18.7 Å². The van der Waals surface area contributed by atoms with Crippen molar-refractivity contribution in [1.29, 1.82) is 0 Å². The second-order valence-corrected chi connectivity index (χ2v) is 6.69. The van der Waals surface area contributed by atoms with Crippen LogP contribution >= 0.6 is 0 Å². The van der Waals surface area contributed by atoms with Crippen molar-refractivity contribution in [3.05, 3.63) is 42.7 Å². The Labute approximate surface area is 153 Å². The molecule has 1 aliphatic heterocycles. The van der Waals surface area contributed by atoms with Crippen LogP contribution in [-0.4, -0.2) is 45.0 Å². The Morgan fingerprint density at radius 3 is 2.70 bits per heavy atom. The van der Waals surface area contributed by atoms with Crippen LogP contribution in [0.3, 0.4) is 0 Å². The van der Waals surface area contributed by atoms with E-state index in [1.165, 1.54) is 17.2 Å². The summed E-state index contributed by atoms with van der Waals surface area (Å²) in [5.41, 5.74) is 0.527. The predicted octanol–water partition coefficient (Wildman–Crippen LogP) is 3.63. The summed E-state index contributed by atoms with van der Waals surface area (Å²) in [5, 5.41) is 4.52. The average molecular weight is 380 g/mol. The lowest BCUT2D eigenvalue weighted by Crippen LogP contribution is -2.38. The van der Waals surface area contributed by atoms with E-state index in [-0.39, 0.29) is 6.10 Å². The number of ether oxygens (including phenoxy) is 1. The third kappa shape index (κ3) is 4.24. The van der Waals surface area contributed by atoms with Gasteiger partial charge in [0, 0.05) is 24.7 Å². The molecular formula is C18H19F3N4O2. The molecule has 1 saturated heterocycles. The third-order valence-electron chi connectivity index (χ3n) is 4.72. The molecular weight excluding hydrogens is 361 g/mol. The fourth-order valence-corrected chi connectivity index (χ4v) is 3.46. The molecule has 3 heterocycles. The van der Waals surface area contributed by atoms with Gasteiger partial charge in [-0.1, -0.05) is 11.2 Å². The number of benzene rings is 1. The monoisotopic (exact) mass is 380 g/mol. The van der Waals surface area contributed by atoms with Crippen LogP contribution in [0, 0.1) is 0 Å². The molecule has 0 radical (unpaired) electrons. The summed E-state index contributed by atoms with van der Waals surface area (Å²) in [6.07, 6.45) is 0.210. The molecule has 27 heavy (non-hydrogen) atoms. The van der Waals surface area contributed by atoms with Crippen LogP contribution in [0.4, 0.5) is 13.2 Å². The van der Waals surface area contributed by atoms with E-state index in [2.05, 4.69) is 15.0 Å². The quantitative estimate of drug-likeness (QED) is 0.677. The molecule has 0 atom stereocenters. The summed E-state index contributed by atoms with van der Waals surface area (Å²) >= 11 is 0. The van der Waals surface area contributed by atoms with Crippen LogP contribution in [0.15, 0.2) is 41.4 Å². The third-order valence-corrected chi connectivity index (χ3v) is 4.72. The van der Waals surface area contributed by atoms with E-state index in [1.807, 2.05) is 6.07 Å². The van der Waals surface area contributed by atoms with Gasteiger partial charge in [0.05, 0.1) is 12.1 Å². The van der Waals surface area contributed by atoms with Crippen LogP contribution < -0.4 is 4.74 Å². The summed E-state index contributed by atoms with van der Waals surface area (Å²) < 4.78 is 50.2. The topological polar surface area (TPSA) is 56.3 Å². The molecule has 0 aliphatic carbocycles. The van der Waals surface area contributed by atoms with Crippen LogP contribution in [0.25, 0.3) is 10.9 Å². The minimum Gasteiger partial charge on any atom is -0.490 e. The Kier molecular flexibility index (Phi) is 4.77. The highest BCUT2D eigenvalue weighted by Gasteiger charge is 2.28. The number of fused-ring (bicyclic) bond motifs is 1. The molecule has 1 aliphatic rings. The van der Waals surface area contributed by atoms with Gasteiger partial charge >= 0.3 is 6.18 Å².